The first kappa shape index (κ1) is 26.0. The predicted molar refractivity (Wildman–Crippen MR) is 146 cm³/mol. The molecule has 2 aliphatic heterocycles. The van der Waals surface area contributed by atoms with Crippen molar-refractivity contribution in [1.82, 2.24) is 15.4 Å². The molecule has 1 aromatic heterocycles. The summed E-state index contributed by atoms with van der Waals surface area (Å²) >= 11 is 0. The fourth-order valence-electron chi connectivity index (χ4n) is 5.23. The summed E-state index contributed by atoms with van der Waals surface area (Å²) in [5.74, 6) is 0.00657. The van der Waals surface area contributed by atoms with Crippen LogP contribution in [0.1, 0.15) is 44.4 Å². The van der Waals surface area contributed by atoms with E-state index in [4.69, 9.17) is 9.36 Å². The molecule has 1 saturated heterocycles. The van der Waals surface area contributed by atoms with Crippen LogP contribution in [0.4, 0.5) is 4.39 Å². The monoisotopic (exact) mass is 516 g/mol. The minimum atomic E-state index is -0.982. The van der Waals surface area contributed by atoms with Crippen LogP contribution in [0, 0.1) is 11.7 Å². The zero-order valence-electron chi connectivity index (χ0n) is 22.0. The Balaban J connectivity index is 1.35. The second kappa shape index (κ2) is 10.3. The molecule has 1 amide bonds. The molecule has 0 aliphatic carbocycles. The third-order valence-corrected chi connectivity index (χ3v) is 7.37. The van der Waals surface area contributed by atoms with E-state index < -0.39 is 23.8 Å². The third kappa shape index (κ3) is 4.82. The Morgan fingerprint density at radius 3 is 2.66 bits per heavy atom. The molecule has 0 bridgehead atoms. The van der Waals surface area contributed by atoms with Crippen molar-refractivity contribution in [3.8, 4) is 11.1 Å². The lowest BCUT2D eigenvalue weighted by atomic mass is 9.53. The first-order valence-electron chi connectivity index (χ1n) is 13.0. The summed E-state index contributed by atoms with van der Waals surface area (Å²) in [5.41, 5.74) is 1.88. The highest BCUT2D eigenvalue weighted by atomic mass is 19.1. The highest BCUT2D eigenvalue weighted by Gasteiger charge is 2.46. The zero-order chi connectivity index (χ0) is 27.0. The van der Waals surface area contributed by atoms with Gasteiger partial charge in [0.2, 0.25) is 11.6 Å². The normalized spacial score (nSPS) is 23.6. The number of β-amino-alcohol motifs (C(OH)–C–C–N with tert-alkyl or cyclic N) is 1. The number of rotatable bonds is 7. The summed E-state index contributed by atoms with van der Waals surface area (Å²) in [6, 6.07) is 15.4. The second-order valence-corrected chi connectivity index (χ2v) is 10.5. The molecule has 2 N–H and O–H groups in total. The SMILES string of the molecule is BBc1cc(C(C(=O)N2C[C@H](O)C[C@H]2C2=NOC(C)(c3ccc(-c4ccccc4F)cc3)N2)C(C)C)on1. The van der Waals surface area contributed by atoms with E-state index in [2.05, 4.69) is 15.6 Å². The third-order valence-electron chi connectivity index (χ3n) is 7.37. The van der Waals surface area contributed by atoms with E-state index >= 15 is 0 Å². The summed E-state index contributed by atoms with van der Waals surface area (Å²) in [6.45, 7) is 5.97. The number of hydrogen-bond donors (Lipinski definition) is 2. The Morgan fingerprint density at radius 1 is 1.26 bits per heavy atom. The quantitative estimate of drug-likeness (QED) is 0.463. The van der Waals surface area contributed by atoms with Crippen molar-refractivity contribution >= 4 is 32.2 Å². The second-order valence-electron chi connectivity index (χ2n) is 10.5. The fraction of sp³-hybridized carbons (Fsp3) is 0.370. The number of hydrogen-bond acceptors (Lipinski definition) is 7. The lowest BCUT2D eigenvalue weighted by molar-refractivity contribution is -0.134. The smallest absolute Gasteiger partial charge is 0.234 e. The molecular weight excluding hydrogens is 485 g/mol. The predicted octanol–water partition coefficient (Wildman–Crippen LogP) is 1.60. The Kier molecular flexibility index (Phi) is 7.05. The fourth-order valence-corrected chi connectivity index (χ4v) is 5.23. The Bertz CT molecular complexity index is 1350. The van der Waals surface area contributed by atoms with Crippen LogP contribution in [-0.2, 0) is 15.4 Å². The molecule has 0 radical (unpaired) electrons. The molecule has 4 atom stereocenters. The summed E-state index contributed by atoms with van der Waals surface area (Å²) in [7, 11) is 2.70. The first-order valence-corrected chi connectivity index (χ1v) is 13.0. The topological polar surface area (TPSA) is 100 Å². The van der Waals surface area contributed by atoms with Gasteiger partial charge in [0.05, 0.1) is 19.9 Å². The molecule has 0 spiro atoms. The molecule has 5 rings (SSSR count). The van der Waals surface area contributed by atoms with Crippen LogP contribution in [0.25, 0.3) is 11.1 Å². The van der Waals surface area contributed by atoms with Crippen molar-refractivity contribution in [3.05, 3.63) is 71.7 Å². The van der Waals surface area contributed by atoms with Gasteiger partial charge in [0, 0.05) is 36.6 Å². The van der Waals surface area contributed by atoms with Crippen LogP contribution in [0.5, 0.6) is 0 Å². The molecule has 0 saturated carbocycles. The van der Waals surface area contributed by atoms with E-state index in [0.29, 0.717) is 30.8 Å². The van der Waals surface area contributed by atoms with Crippen LogP contribution in [-0.4, -0.2) is 60.5 Å². The van der Waals surface area contributed by atoms with Crippen molar-refractivity contribution in [2.75, 3.05) is 6.54 Å². The molecule has 3 aromatic rings. The molecular formula is C27H31B2FN4O4. The lowest BCUT2D eigenvalue weighted by Crippen LogP contribution is -2.50. The summed E-state index contributed by atoms with van der Waals surface area (Å²) < 4.78 is 19.8. The van der Waals surface area contributed by atoms with E-state index in [1.165, 1.54) is 6.07 Å². The van der Waals surface area contributed by atoms with Crippen molar-refractivity contribution in [2.45, 2.75) is 51.0 Å². The van der Waals surface area contributed by atoms with Crippen molar-refractivity contribution < 1.29 is 23.7 Å². The molecule has 11 heteroatoms. The van der Waals surface area contributed by atoms with Gasteiger partial charge >= 0.3 is 0 Å². The van der Waals surface area contributed by atoms with Gasteiger partial charge < -0.3 is 24.7 Å². The molecule has 2 aliphatic rings. The minimum absolute atomic E-state index is 0.0356. The van der Waals surface area contributed by atoms with E-state index in [1.54, 1.807) is 23.1 Å². The van der Waals surface area contributed by atoms with E-state index in [-0.39, 0.29) is 24.2 Å². The maximum absolute atomic E-state index is 14.2. The standard InChI is InChI=1S/C27H31B2FN4O4/c1-15(2)24(22-13-23(29-28)32-37-22)26(36)34-14-18(35)12-21(34)25-31-27(3,38-33-25)17-10-8-16(9-11-17)19-6-4-5-7-20(19)30/h4-11,13,15,18,21,24,29,35H,12,14,28H2,1-3H3,(H,31,33)/t18-,21+,24?,27?/m1/s1. The van der Waals surface area contributed by atoms with Gasteiger partial charge in [0.15, 0.2) is 5.84 Å². The van der Waals surface area contributed by atoms with Crippen molar-refractivity contribution in [2.24, 2.45) is 11.1 Å². The number of carbonyl (C=O) groups is 1. The van der Waals surface area contributed by atoms with Gasteiger partial charge in [0.25, 0.3) is 0 Å². The van der Waals surface area contributed by atoms with Gasteiger partial charge in [-0.05, 0) is 23.6 Å². The maximum Gasteiger partial charge on any atom is 0.234 e. The number of aliphatic hydroxyl groups excluding tert-OH is 1. The minimum Gasteiger partial charge on any atom is -0.391 e. The van der Waals surface area contributed by atoms with Gasteiger partial charge in [-0.2, -0.15) is 0 Å². The Morgan fingerprint density at radius 2 is 2.00 bits per heavy atom. The number of halogens is 1. The van der Waals surface area contributed by atoms with E-state index in [0.717, 1.165) is 16.7 Å². The number of oxime groups is 1. The Hall–Kier alpha value is -3.59. The Labute approximate surface area is 222 Å². The average Bonchev–Trinajstić information content (AvgIpc) is 3.63. The number of likely N-dealkylation sites (tertiary alicyclic amines) is 1. The first-order chi connectivity index (χ1) is 18.2. The molecule has 38 heavy (non-hydrogen) atoms. The molecule has 2 unspecified atom stereocenters. The summed E-state index contributed by atoms with van der Waals surface area (Å²) in [4.78, 5) is 21.3. The number of benzene rings is 2. The van der Waals surface area contributed by atoms with Gasteiger partial charge in [-0.15, -0.1) is 0 Å². The number of amides is 1. The number of aromatic nitrogens is 1. The maximum atomic E-state index is 14.2. The van der Waals surface area contributed by atoms with Crippen LogP contribution in [0.2, 0.25) is 0 Å². The van der Waals surface area contributed by atoms with Crippen LogP contribution < -0.4 is 10.9 Å². The van der Waals surface area contributed by atoms with Crippen molar-refractivity contribution in [3.63, 3.8) is 0 Å². The van der Waals surface area contributed by atoms with Crippen LogP contribution in [0.3, 0.4) is 0 Å². The van der Waals surface area contributed by atoms with E-state index in [9.17, 15) is 14.3 Å². The number of nitrogens with zero attached hydrogens (tertiary/aromatic N) is 3. The molecule has 2 aromatic carbocycles. The molecule has 3 heterocycles. The van der Waals surface area contributed by atoms with Crippen molar-refractivity contribution in [1.29, 1.82) is 0 Å². The van der Waals surface area contributed by atoms with Crippen LogP contribution in [0.15, 0.2) is 64.3 Å². The molecule has 196 valence electrons. The number of carbonyl (C=O) groups excluding carboxylic acids is 1. The highest BCUT2D eigenvalue weighted by molar-refractivity contribution is 6.97. The molecule has 1 fully saturated rings. The van der Waals surface area contributed by atoms with Gasteiger partial charge in [-0.25, -0.2) is 4.39 Å². The van der Waals surface area contributed by atoms with Gasteiger partial charge in [-0.3, -0.25) is 4.79 Å². The summed E-state index contributed by atoms with van der Waals surface area (Å²) in [6.07, 6.45) is -0.348. The summed E-state index contributed by atoms with van der Waals surface area (Å²) in [5, 5.41) is 22.2. The van der Waals surface area contributed by atoms with E-state index in [1.807, 2.05) is 58.8 Å². The lowest BCUT2D eigenvalue weighted by Gasteiger charge is -2.30. The number of aliphatic hydroxyl groups is 1. The number of nitrogens with one attached hydrogen (secondary N) is 1. The van der Waals surface area contributed by atoms with Gasteiger partial charge in [-0.1, -0.05) is 66.6 Å². The highest BCUT2D eigenvalue weighted by Crippen LogP contribution is 2.34. The molecule has 8 nitrogen and oxygen atoms in total. The van der Waals surface area contributed by atoms with Crippen LogP contribution >= 0.6 is 0 Å². The number of amidine groups is 1. The average molecular weight is 516 g/mol. The van der Waals surface area contributed by atoms with Gasteiger partial charge in [0.1, 0.15) is 24.7 Å². The zero-order valence-corrected chi connectivity index (χ0v) is 22.0. The largest absolute Gasteiger partial charge is 0.391 e.